The third-order valence-electron chi connectivity index (χ3n) is 5.14. The molecule has 0 bridgehead atoms. The first-order chi connectivity index (χ1) is 15.3. The van der Waals surface area contributed by atoms with Crippen LogP contribution >= 0.6 is 0 Å². The fraction of sp³-hybridized carbons (Fsp3) is 0.500. The van der Waals surface area contributed by atoms with Gasteiger partial charge in [-0.25, -0.2) is 13.4 Å². The number of morpholine rings is 1. The van der Waals surface area contributed by atoms with E-state index in [2.05, 4.69) is 25.5 Å². The van der Waals surface area contributed by atoms with Gasteiger partial charge >= 0.3 is 0 Å². The number of aromatic nitrogens is 2. The monoisotopic (exact) mass is 461 g/mol. The van der Waals surface area contributed by atoms with Crippen molar-refractivity contribution in [3.05, 3.63) is 41.6 Å². The minimum Gasteiger partial charge on any atom is -0.378 e. The summed E-state index contributed by atoms with van der Waals surface area (Å²) in [5.41, 5.74) is 1.63. The molecule has 2 N–H and O–H groups in total. The molecule has 32 heavy (non-hydrogen) atoms. The van der Waals surface area contributed by atoms with Crippen molar-refractivity contribution < 1.29 is 17.9 Å². The predicted molar refractivity (Wildman–Crippen MR) is 124 cm³/mol. The first-order valence-corrected chi connectivity index (χ1v) is 12.3. The molecule has 9 nitrogen and oxygen atoms in total. The number of hydrogen-bond acceptors (Lipinski definition) is 8. The second-order valence-electron chi connectivity index (χ2n) is 7.98. The number of carbonyl (C=O) groups is 1. The number of nitrogens with zero attached hydrogens (tertiary/aromatic N) is 3. The maximum absolute atomic E-state index is 12.2. The predicted octanol–water partition coefficient (Wildman–Crippen LogP) is 1.57. The van der Waals surface area contributed by atoms with Gasteiger partial charge < -0.3 is 20.3 Å². The molecule has 2 aromatic rings. The molecule has 1 amide bonds. The third-order valence-corrected chi connectivity index (χ3v) is 7.31. The van der Waals surface area contributed by atoms with Crippen LogP contribution in [0.4, 0.5) is 11.8 Å². The summed E-state index contributed by atoms with van der Waals surface area (Å²) in [7, 11) is -3.31. The van der Waals surface area contributed by atoms with Gasteiger partial charge in [-0.3, -0.25) is 4.79 Å². The number of benzene rings is 1. The number of hydrogen-bond donors (Lipinski definition) is 2. The lowest BCUT2D eigenvalue weighted by atomic mass is 10.1. The van der Waals surface area contributed by atoms with Gasteiger partial charge in [0.05, 0.1) is 29.8 Å². The van der Waals surface area contributed by atoms with Gasteiger partial charge in [0.25, 0.3) is 0 Å². The summed E-state index contributed by atoms with van der Waals surface area (Å²) in [6.07, 6.45) is 0.185. The van der Waals surface area contributed by atoms with E-state index in [-0.39, 0.29) is 17.2 Å². The van der Waals surface area contributed by atoms with Crippen LogP contribution < -0.4 is 15.5 Å². The van der Waals surface area contributed by atoms with E-state index in [1.807, 2.05) is 13.0 Å². The Kier molecular flexibility index (Phi) is 8.03. The van der Waals surface area contributed by atoms with Gasteiger partial charge in [0.15, 0.2) is 9.84 Å². The molecule has 0 unspecified atom stereocenters. The smallest absolute Gasteiger partial charge is 0.224 e. The Morgan fingerprint density at radius 1 is 1.12 bits per heavy atom. The van der Waals surface area contributed by atoms with Crippen LogP contribution in [0.1, 0.15) is 25.1 Å². The molecule has 0 aliphatic carbocycles. The summed E-state index contributed by atoms with van der Waals surface area (Å²) in [4.78, 5) is 23.6. The second kappa shape index (κ2) is 10.7. The number of amides is 1. The molecule has 1 aliphatic heterocycles. The van der Waals surface area contributed by atoms with Crippen molar-refractivity contribution in [1.29, 1.82) is 0 Å². The molecule has 0 saturated carbocycles. The fourth-order valence-corrected chi connectivity index (χ4v) is 4.34. The van der Waals surface area contributed by atoms with Crippen molar-refractivity contribution in [2.24, 2.45) is 0 Å². The Morgan fingerprint density at radius 3 is 2.47 bits per heavy atom. The first-order valence-electron chi connectivity index (χ1n) is 10.8. The number of sulfone groups is 1. The Hall–Kier alpha value is -2.72. The highest BCUT2D eigenvalue weighted by Crippen LogP contribution is 2.17. The van der Waals surface area contributed by atoms with Crippen molar-refractivity contribution >= 4 is 27.5 Å². The van der Waals surface area contributed by atoms with E-state index < -0.39 is 15.1 Å². The van der Waals surface area contributed by atoms with Crippen LogP contribution in [0.25, 0.3) is 0 Å². The van der Waals surface area contributed by atoms with Crippen molar-refractivity contribution in [3.8, 4) is 0 Å². The molecule has 10 heteroatoms. The highest BCUT2D eigenvalue weighted by Gasteiger charge is 2.19. The Bertz CT molecular complexity index is 1020. The van der Waals surface area contributed by atoms with Crippen molar-refractivity contribution in [2.75, 3.05) is 49.6 Å². The van der Waals surface area contributed by atoms with E-state index >= 15 is 0 Å². The number of aryl methyl sites for hydroxylation is 1. The summed E-state index contributed by atoms with van der Waals surface area (Å²) in [6.45, 7) is 9.11. The normalized spacial score (nSPS) is 14.4. The fourth-order valence-electron chi connectivity index (χ4n) is 3.28. The van der Waals surface area contributed by atoms with Crippen LogP contribution in [0.15, 0.2) is 35.2 Å². The topological polar surface area (TPSA) is 114 Å². The van der Waals surface area contributed by atoms with Crippen molar-refractivity contribution in [2.45, 2.75) is 37.3 Å². The summed E-state index contributed by atoms with van der Waals surface area (Å²) in [5, 5.41) is 5.53. The molecule has 0 spiro atoms. The Balaban J connectivity index is 1.46. The van der Waals surface area contributed by atoms with Gasteiger partial charge in [-0.05, 0) is 38.5 Å². The lowest BCUT2D eigenvalue weighted by Gasteiger charge is -2.28. The SMILES string of the molecule is Cc1cc(N2CCOCC2)nc(NCCNC(=O)Cc2ccc(S(=O)(=O)C(C)C)cc2)n1. The molecule has 1 fully saturated rings. The minimum atomic E-state index is -3.31. The van der Waals surface area contributed by atoms with Crippen LogP contribution in [0.5, 0.6) is 0 Å². The third kappa shape index (κ3) is 6.39. The van der Waals surface area contributed by atoms with Crippen LogP contribution in [-0.4, -0.2) is 68.9 Å². The van der Waals surface area contributed by atoms with Crippen LogP contribution in [0.3, 0.4) is 0 Å². The molecule has 1 aliphatic rings. The lowest BCUT2D eigenvalue weighted by molar-refractivity contribution is -0.120. The summed E-state index contributed by atoms with van der Waals surface area (Å²) in [5.74, 6) is 1.27. The van der Waals surface area contributed by atoms with E-state index in [1.165, 1.54) is 0 Å². The second-order valence-corrected chi connectivity index (χ2v) is 10.5. The Morgan fingerprint density at radius 2 is 1.81 bits per heavy atom. The number of anilines is 2. The number of nitrogens with one attached hydrogen (secondary N) is 2. The molecule has 1 aromatic carbocycles. The quantitative estimate of drug-likeness (QED) is 0.541. The molecule has 2 heterocycles. The summed E-state index contributed by atoms with van der Waals surface area (Å²) < 4.78 is 29.8. The zero-order valence-corrected chi connectivity index (χ0v) is 19.6. The van der Waals surface area contributed by atoms with E-state index in [0.717, 1.165) is 30.2 Å². The minimum absolute atomic E-state index is 0.134. The van der Waals surface area contributed by atoms with Crippen molar-refractivity contribution in [1.82, 2.24) is 15.3 Å². The van der Waals surface area contributed by atoms with Gasteiger partial charge in [-0.1, -0.05) is 12.1 Å². The molecule has 174 valence electrons. The van der Waals surface area contributed by atoms with Gasteiger partial charge in [0, 0.05) is 37.9 Å². The lowest BCUT2D eigenvalue weighted by Crippen LogP contribution is -2.37. The summed E-state index contributed by atoms with van der Waals surface area (Å²) in [6, 6.07) is 8.43. The zero-order chi connectivity index (χ0) is 23.1. The van der Waals surface area contributed by atoms with Crippen LogP contribution in [0, 0.1) is 6.92 Å². The first kappa shape index (κ1) is 23.9. The zero-order valence-electron chi connectivity index (χ0n) is 18.8. The Labute approximate surface area is 189 Å². The highest BCUT2D eigenvalue weighted by molar-refractivity contribution is 7.92. The molecule has 1 saturated heterocycles. The average Bonchev–Trinajstić information content (AvgIpc) is 2.77. The maximum Gasteiger partial charge on any atom is 0.224 e. The molecular weight excluding hydrogens is 430 g/mol. The standard InChI is InChI=1S/C22H31N5O4S/c1-16(2)32(29,30)19-6-4-18(5-7-19)15-21(28)23-8-9-24-22-25-17(3)14-20(26-22)27-10-12-31-13-11-27/h4-7,14,16H,8-13,15H2,1-3H3,(H,23,28)(H,24,25,26). The van der Waals surface area contributed by atoms with Gasteiger partial charge in [0.1, 0.15) is 5.82 Å². The molecule has 3 rings (SSSR count). The van der Waals surface area contributed by atoms with E-state index in [0.29, 0.717) is 32.3 Å². The van der Waals surface area contributed by atoms with Gasteiger partial charge in [-0.15, -0.1) is 0 Å². The van der Waals surface area contributed by atoms with Gasteiger partial charge in [-0.2, -0.15) is 4.98 Å². The molecule has 1 aromatic heterocycles. The van der Waals surface area contributed by atoms with Crippen LogP contribution in [0.2, 0.25) is 0 Å². The van der Waals surface area contributed by atoms with E-state index in [4.69, 9.17) is 4.74 Å². The van der Waals surface area contributed by atoms with E-state index in [1.54, 1.807) is 38.1 Å². The maximum atomic E-state index is 12.2. The number of ether oxygens (including phenoxy) is 1. The summed E-state index contributed by atoms with van der Waals surface area (Å²) >= 11 is 0. The van der Waals surface area contributed by atoms with Crippen LogP contribution in [-0.2, 0) is 25.8 Å². The average molecular weight is 462 g/mol. The van der Waals surface area contributed by atoms with E-state index in [9.17, 15) is 13.2 Å². The largest absolute Gasteiger partial charge is 0.378 e. The molecular formula is C22H31N5O4S. The molecule has 0 atom stereocenters. The van der Waals surface area contributed by atoms with Crippen molar-refractivity contribution in [3.63, 3.8) is 0 Å². The molecule has 0 radical (unpaired) electrons. The number of carbonyl (C=O) groups excluding carboxylic acids is 1. The van der Waals surface area contributed by atoms with Gasteiger partial charge in [0.2, 0.25) is 11.9 Å². The highest BCUT2D eigenvalue weighted by atomic mass is 32.2. The number of rotatable bonds is 9.